The van der Waals surface area contributed by atoms with Crippen LogP contribution in [0, 0.1) is 5.82 Å². The monoisotopic (exact) mass is 295 g/mol. The fraction of sp³-hybridized carbons (Fsp3) is 0.455. The van der Waals surface area contributed by atoms with Gasteiger partial charge >= 0.3 is 0 Å². The summed E-state index contributed by atoms with van der Waals surface area (Å²) in [5, 5.41) is 0. The number of alkyl halides is 1. The normalized spacial score (nSPS) is 11.8. The van der Waals surface area contributed by atoms with Crippen LogP contribution in [0.5, 0.6) is 5.75 Å². The van der Waals surface area contributed by atoms with Gasteiger partial charge in [0, 0.05) is 25.5 Å². The third-order valence-corrected chi connectivity index (χ3v) is 4.55. The average Bonchev–Trinajstić information content (AvgIpc) is 2.28. The highest BCUT2D eigenvalue weighted by Gasteiger charge is 2.16. The molecule has 0 bridgehead atoms. The lowest BCUT2D eigenvalue weighted by Gasteiger charge is -2.16. The maximum Gasteiger partial charge on any atom is 0.215 e. The number of hydrogen-bond acceptors (Lipinski definition) is 3. The van der Waals surface area contributed by atoms with E-state index in [0.717, 1.165) is 0 Å². The summed E-state index contributed by atoms with van der Waals surface area (Å²) in [4.78, 5) is 0. The van der Waals surface area contributed by atoms with Crippen LogP contribution in [0.25, 0.3) is 0 Å². The summed E-state index contributed by atoms with van der Waals surface area (Å²) in [6.07, 6.45) is 0. The highest BCUT2D eigenvalue weighted by molar-refractivity contribution is 7.89. The van der Waals surface area contributed by atoms with E-state index in [0.29, 0.717) is 5.75 Å². The van der Waals surface area contributed by atoms with Gasteiger partial charge in [0.05, 0.1) is 5.75 Å². The Morgan fingerprint density at radius 3 is 2.78 bits per heavy atom. The number of sulfonamides is 1. The molecule has 18 heavy (non-hydrogen) atoms. The maximum absolute atomic E-state index is 12.8. The van der Waals surface area contributed by atoms with Crippen LogP contribution in [-0.2, 0) is 10.0 Å². The molecule has 0 saturated carbocycles. The molecule has 1 aromatic carbocycles. The SMILES string of the molecule is CN(CCOc1cccc(F)c1)S(=O)(=O)CCCl. The number of ether oxygens (including phenoxy) is 1. The van der Waals surface area contributed by atoms with Gasteiger partial charge in [-0.3, -0.25) is 0 Å². The summed E-state index contributed by atoms with van der Waals surface area (Å²) in [6.45, 7) is 0.344. The molecule has 0 saturated heterocycles. The summed E-state index contributed by atoms with van der Waals surface area (Å²) < 4.78 is 42.4. The van der Waals surface area contributed by atoms with Gasteiger partial charge in [-0.1, -0.05) is 6.07 Å². The predicted molar refractivity (Wildman–Crippen MR) is 69.0 cm³/mol. The smallest absolute Gasteiger partial charge is 0.215 e. The Bertz CT molecular complexity index is 481. The van der Waals surface area contributed by atoms with Gasteiger partial charge in [-0.15, -0.1) is 11.6 Å². The van der Waals surface area contributed by atoms with Crippen molar-refractivity contribution in [3.63, 3.8) is 0 Å². The molecule has 1 aromatic rings. The summed E-state index contributed by atoms with van der Waals surface area (Å²) in [7, 11) is -1.87. The molecule has 0 amide bonds. The van der Waals surface area contributed by atoms with Crippen LogP contribution in [0.2, 0.25) is 0 Å². The highest BCUT2D eigenvalue weighted by atomic mass is 35.5. The number of hydrogen-bond donors (Lipinski definition) is 0. The standard InChI is InChI=1S/C11H15ClFNO3S/c1-14(18(15,16)8-5-12)6-7-17-11-4-2-3-10(13)9-11/h2-4,9H,5-8H2,1H3. The Hall–Kier alpha value is -0.850. The first-order valence-corrected chi connectivity index (χ1v) is 7.48. The number of nitrogens with zero attached hydrogens (tertiary/aromatic N) is 1. The lowest BCUT2D eigenvalue weighted by Crippen LogP contribution is -2.33. The molecule has 0 atom stereocenters. The maximum atomic E-state index is 12.8. The van der Waals surface area contributed by atoms with Gasteiger partial charge in [-0.25, -0.2) is 17.1 Å². The number of benzene rings is 1. The van der Waals surface area contributed by atoms with Gasteiger partial charge < -0.3 is 4.74 Å². The molecule has 7 heteroatoms. The van der Waals surface area contributed by atoms with Gasteiger partial charge in [0.1, 0.15) is 18.2 Å². The van der Waals surface area contributed by atoms with Gasteiger partial charge in [0.2, 0.25) is 10.0 Å². The molecule has 0 aliphatic heterocycles. The molecule has 0 fully saturated rings. The van der Waals surface area contributed by atoms with Crippen molar-refractivity contribution in [2.45, 2.75) is 0 Å². The second-order valence-corrected chi connectivity index (χ2v) is 6.21. The van der Waals surface area contributed by atoms with Crippen molar-refractivity contribution in [3.8, 4) is 5.75 Å². The lowest BCUT2D eigenvalue weighted by atomic mass is 10.3. The van der Waals surface area contributed by atoms with Crippen molar-refractivity contribution in [1.82, 2.24) is 4.31 Å². The zero-order valence-electron chi connectivity index (χ0n) is 9.97. The molecule has 0 aromatic heterocycles. The highest BCUT2D eigenvalue weighted by Crippen LogP contribution is 2.11. The van der Waals surface area contributed by atoms with E-state index in [-0.39, 0.29) is 24.8 Å². The van der Waals surface area contributed by atoms with Crippen molar-refractivity contribution in [1.29, 1.82) is 0 Å². The number of likely N-dealkylation sites (N-methyl/N-ethyl adjacent to an activating group) is 1. The molecule has 0 N–H and O–H groups in total. The molecule has 0 radical (unpaired) electrons. The Morgan fingerprint density at radius 1 is 1.44 bits per heavy atom. The Kier molecular flexibility index (Phi) is 5.84. The molecular formula is C11H15ClFNO3S. The van der Waals surface area contributed by atoms with Crippen molar-refractivity contribution < 1.29 is 17.5 Å². The average molecular weight is 296 g/mol. The molecule has 4 nitrogen and oxygen atoms in total. The number of halogens is 2. The molecule has 0 unspecified atom stereocenters. The first kappa shape index (κ1) is 15.2. The Labute approximate surface area is 111 Å². The van der Waals surface area contributed by atoms with Crippen LogP contribution >= 0.6 is 11.6 Å². The number of rotatable bonds is 7. The zero-order valence-corrected chi connectivity index (χ0v) is 11.5. The van der Waals surface area contributed by atoms with E-state index in [9.17, 15) is 12.8 Å². The topological polar surface area (TPSA) is 46.6 Å². The van der Waals surface area contributed by atoms with Gasteiger partial charge in [0.25, 0.3) is 0 Å². The van der Waals surface area contributed by atoms with Crippen LogP contribution in [0.15, 0.2) is 24.3 Å². The summed E-state index contributed by atoms with van der Waals surface area (Å²) in [5.41, 5.74) is 0. The van der Waals surface area contributed by atoms with Crippen molar-refractivity contribution in [3.05, 3.63) is 30.1 Å². The fourth-order valence-corrected chi connectivity index (χ4v) is 2.69. The molecular weight excluding hydrogens is 281 g/mol. The Balaban J connectivity index is 2.42. The minimum atomic E-state index is -3.33. The second-order valence-electron chi connectivity index (χ2n) is 3.63. The minimum absolute atomic E-state index is 0.0530. The molecule has 0 aliphatic carbocycles. The summed E-state index contributed by atoms with van der Waals surface area (Å²) in [5.74, 6) is -0.0728. The van der Waals surface area contributed by atoms with E-state index in [1.165, 1.54) is 29.6 Å². The van der Waals surface area contributed by atoms with Crippen LogP contribution in [0.4, 0.5) is 4.39 Å². The van der Waals surface area contributed by atoms with E-state index < -0.39 is 15.8 Å². The first-order valence-electron chi connectivity index (χ1n) is 5.34. The van der Waals surface area contributed by atoms with Crippen LogP contribution in [0.1, 0.15) is 0 Å². The first-order chi connectivity index (χ1) is 8.45. The van der Waals surface area contributed by atoms with E-state index in [2.05, 4.69) is 0 Å². The Morgan fingerprint density at radius 2 is 2.17 bits per heavy atom. The second kappa shape index (κ2) is 6.92. The van der Waals surface area contributed by atoms with Crippen LogP contribution in [-0.4, -0.2) is 44.6 Å². The van der Waals surface area contributed by atoms with E-state index in [1.807, 2.05) is 0 Å². The predicted octanol–water partition coefficient (Wildman–Crippen LogP) is 1.70. The van der Waals surface area contributed by atoms with E-state index >= 15 is 0 Å². The molecule has 1 rings (SSSR count). The van der Waals surface area contributed by atoms with Gasteiger partial charge in [-0.05, 0) is 12.1 Å². The van der Waals surface area contributed by atoms with Gasteiger partial charge in [-0.2, -0.15) is 0 Å². The molecule has 0 spiro atoms. The van der Waals surface area contributed by atoms with Crippen molar-refractivity contribution in [2.24, 2.45) is 0 Å². The fourth-order valence-electron chi connectivity index (χ4n) is 1.24. The minimum Gasteiger partial charge on any atom is -0.492 e. The van der Waals surface area contributed by atoms with E-state index in [1.54, 1.807) is 6.07 Å². The lowest BCUT2D eigenvalue weighted by molar-refractivity contribution is 0.286. The molecule has 0 heterocycles. The molecule has 102 valence electrons. The van der Waals surface area contributed by atoms with Gasteiger partial charge in [0.15, 0.2) is 0 Å². The summed E-state index contributed by atoms with van der Waals surface area (Å²) >= 11 is 5.40. The van der Waals surface area contributed by atoms with Crippen LogP contribution < -0.4 is 4.74 Å². The zero-order chi connectivity index (χ0) is 13.6. The summed E-state index contributed by atoms with van der Waals surface area (Å²) in [6, 6.07) is 5.69. The quantitative estimate of drug-likeness (QED) is 0.720. The largest absolute Gasteiger partial charge is 0.492 e. The van der Waals surface area contributed by atoms with E-state index in [4.69, 9.17) is 16.3 Å². The third-order valence-electron chi connectivity index (χ3n) is 2.28. The third kappa shape index (κ3) is 4.80. The van der Waals surface area contributed by atoms with Crippen molar-refractivity contribution in [2.75, 3.05) is 31.8 Å². The molecule has 0 aliphatic rings. The van der Waals surface area contributed by atoms with Crippen LogP contribution in [0.3, 0.4) is 0 Å². The van der Waals surface area contributed by atoms with Crippen molar-refractivity contribution >= 4 is 21.6 Å².